The number of hydrogen-bond donors (Lipinski definition) is 2. The van der Waals surface area contributed by atoms with E-state index >= 15 is 0 Å². The Bertz CT molecular complexity index is 382. The number of hydrogen-bond acceptors (Lipinski definition) is 6. The summed E-state index contributed by atoms with van der Waals surface area (Å²) in [5.41, 5.74) is 0. The standard InChI is InChI=1S/C12H22N4O2S/c1-4-5-14-12-16-15-11(19-12)10(17)13-6-7-18-8-9(2)3/h9H,4-8H2,1-3H3,(H,13,17)(H,14,16). The van der Waals surface area contributed by atoms with Gasteiger partial charge in [-0.25, -0.2) is 0 Å². The maximum atomic E-state index is 11.7. The molecule has 19 heavy (non-hydrogen) atoms. The van der Waals surface area contributed by atoms with E-state index in [0.717, 1.165) is 13.0 Å². The first kappa shape index (κ1) is 15.8. The smallest absolute Gasteiger partial charge is 0.282 e. The van der Waals surface area contributed by atoms with Gasteiger partial charge in [0.05, 0.1) is 6.61 Å². The third-order valence-corrected chi connectivity index (χ3v) is 3.01. The average molecular weight is 286 g/mol. The Morgan fingerprint density at radius 2 is 2.16 bits per heavy atom. The SMILES string of the molecule is CCCNc1nnc(C(=O)NCCOCC(C)C)s1. The van der Waals surface area contributed by atoms with Crippen molar-refractivity contribution >= 4 is 22.4 Å². The average Bonchev–Trinajstić information content (AvgIpc) is 2.84. The van der Waals surface area contributed by atoms with Crippen molar-refractivity contribution < 1.29 is 9.53 Å². The van der Waals surface area contributed by atoms with Crippen molar-refractivity contribution in [2.45, 2.75) is 27.2 Å². The molecule has 0 bridgehead atoms. The summed E-state index contributed by atoms with van der Waals surface area (Å²) in [5, 5.41) is 14.7. The zero-order valence-corrected chi connectivity index (χ0v) is 12.5. The van der Waals surface area contributed by atoms with Gasteiger partial charge in [0.25, 0.3) is 5.91 Å². The molecule has 7 heteroatoms. The van der Waals surface area contributed by atoms with Crippen LogP contribution in [0.2, 0.25) is 0 Å². The van der Waals surface area contributed by atoms with Crippen LogP contribution in [-0.2, 0) is 4.74 Å². The first-order valence-electron chi connectivity index (χ1n) is 6.56. The van der Waals surface area contributed by atoms with Gasteiger partial charge in [0.2, 0.25) is 10.1 Å². The molecule has 1 amide bonds. The van der Waals surface area contributed by atoms with Crippen LogP contribution >= 0.6 is 11.3 Å². The van der Waals surface area contributed by atoms with E-state index in [0.29, 0.717) is 35.8 Å². The molecule has 1 aromatic rings. The lowest BCUT2D eigenvalue weighted by Crippen LogP contribution is -2.27. The molecule has 0 aromatic carbocycles. The van der Waals surface area contributed by atoms with E-state index in [9.17, 15) is 4.79 Å². The van der Waals surface area contributed by atoms with Gasteiger partial charge >= 0.3 is 0 Å². The summed E-state index contributed by atoms with van der Waals surface area (Å²) in [6.07, 6.45) is 1.01. The number of carbonyl (C=O) groups excluding carboxylic acids is 1. The number of ether oxygens (including phenoxy) is 1. The van der Waals surface area contributed by atoms with Gasteiger partial charge in [-0.15, -0.1) is 10.2 Å². The summed E-state index contributed by atoms with van der Waals surface area (Å²) in [7, 11) is 0. The van der Waals surface area contributed by atoms with Crippen molar-refractivity contribution in [3.8, 4) is 0 Å². The second-order valence-corrected chi connectivity index (χ2v) is 5.54. The molecule has 0 fully saturated rings. The number of aromatic nitrogens is 2. The second kappa shape index (κ2) is 8.82. The molecule has 0 aliphatic rings. The molecule has 1 rings (SSSR count). The third kappa shape index (κ3) is 6.49. The van der Waals surface area contributed by atoms with Gasteiger partial charge in [0.15, 0.2) is 0 Å². The van der Waals surface area contributed by atoms with Crippen molar-refractivity contribution in [3.05, 3.63) is 5.01 Å². The van der Waals surface area contributed by atoms with Crippen molar-refractivity contribution in [1.82, 2.24) is 15.5 Å². The second-order valence-electron chi connectivity index (χ2n) is 4.56. The van der Waals surface area contributed by atoms with Crippen LogP contribution in [-0.4, -0.2) is 42.4 Å². The lowest BCUT2D eigenvalue weighted by Gasteiger charge is -2.06. The van der Waals surface area contributed by atoms with Crippen LogP contribution < -0.4 is 10.6 Å². The minimum atomic E-state index is -0.199. The lowest BCUT2D eigenvalue weighted by molar-refractivity contribution is 0.0885. The molecule has 0 aliphatic carbocycles. The monoisotopic (exact) mass is 286 g/mol. The van der Waals surface area contributed by atoms with Crippen LogP contribution in [0.3, 0.4) is 0 Å². The van der Waals surface area contributed by atoms with Crippen molar-refractivity contribution in [3.63, 3.8) is 0 Å². The molecule has 108 valence electrons. The Labute approximate surface area is 118 Å². The van der Waals surface area contributed by atoms with E-state index in [4.69, 9.17) is 4.74 Å². The van der Waals surface area contributed by atoms with Crippen LogP contribution in [0, 0.1) is 5.92 Å². The van der Waals surface area contributed by atoms with Gasteiger partial charge < -0.3 is 15.4 Å². The molecule has 0 saturated heterocycles. The number of anilines is 1. The molecule has 0 atom stereocenters. The van der Waals surface area contributed by atoms with E-state index in [-0.39, 0.29) is 5.91 Å². The highest BCUT2D eigenvalue weighted by molar-refractivity contribution is 7.17. The summed E-state index contributed by atoms with van der Waals surface area (Å²) in [5.74, 6) is 0.307. The van der Waals surface area contributed by atoms with Crippen molar-refractivity contribution in [1.29, 1.82) is 0 Å². The minimum Gasteiger partial charge on any atom is -0.379 e. The largest absolute Gasteiger partial charge is 0.379 e. The molecule has 6 nitrogen and oxygen atoms in total. The maximum Gasteiger partial charge on any atom is 0.282 e. The Morgan fingerprint density at radius 3 is 2.84 bits per heavy atom. The van der Waals surface area contributed by atoms with E-state index < -0.39 is 0 Å². The van der Waals surface area contributed by atoms with Gasteiger partial charge in [0, 0.05) is 19.7 Å². The van der Waals surface area contributed by atoms with E-state index in [1.807, 2.05) is 0 Å². The summed E-state index contributed by atoms with van der Waals surface area (Å²) >= 11 is 1.26. The molecule has 0 spiro atoms. The van der Waals surface area contributed by atoms with Gasteiger partial charge in [-0.1, -0.05) is 32.1 Å². The van der Waals surface area contributed by atoms with Crippen LogP contribution in [0.25, 0.3) is 0 Å². The predicted octanol–water partition coefficient (Wildman–Crippen LogP) is 1.76. The third-order valence-electron chi connectivity index (χ3n) is 2.13. The topological polar surface area (TPSA) is 76.1 Å². The summed E-state index contributed by atoms with van der Waals surface area (Å²) in [6.45, 7) is 8.79. The van der Waals surface area contributed by atoms with Crippen molar-refractivity contribution in [2.24, 2.45) is 5.92 Å². The Hall–Kier alpha value is -1.21. The fourth-order valence-electron chi connectivity index (χ4n) is 1.25. The van der Waals surface area contributed by atoms with E-state index in [1.165, 1.54) is 11.3 Å². The molecule has 2 N–H and O–H groups in total. The van der Waals surface area contributed by atoms with Crippen LogP contribution in [0.5, 0.6) is 0 Å². The van der Waals surface area contributed by atoms with Gasteiger partial charge in [-0.05, 0) is 12.3 Å². The first-order valence-corrected chi connectivity index (χ1v) is 7.38. The molecule has 0 aliphatic heterocycles. The summed E-state index contributed by atoms with van der Waals surface area (Å²) < 4.78 is 5.38. The number of rotatable bonds is 9. The van der Waals surface area contributed by atoms with E-state index in [2.05, 4.69) is 41.6 Å². The normalized spacial score (nSPS) is 10.7. The molecular weight excluding hydrogens is 264 g/mol. The van der Waals surface area contributed by atoms with Crippen molar-refractivity contribution in [2.75, 3.05) is 31.6 Å². The van der Waals surface area contributed by atoms with Gasteiger partial charge in [0.1, 0.15) is 0 Å². The highest BCUT2D eigenvalue weighted by atomic mass is 32.1. The first-order chi connectivity index (χ1) is 9.13. The number of carbonyl (C=O) groups is 1. The Morgan fingerprint density at radius 1 is 1.37 bits per heavy atom. The molecular formula is C12H22N4O2S. The van der Waals surface area contributed by atoms with Gasteiger partial charge in [-0.2, -0.15) is 0 Å². The molecule has 1 aromatic heterocycles. The summed E-state index contributed by atoms with van der Waals surface area (Å²) in [4.78, 5) is 11.7. The Balaban J connectivity index is 2.23. The fourth-order valence-corrected chi connectivity index (χ4v) is 1.94. The summed E-state index contributed by atoms with van der Waals surface area (Å²) in [6, 6.07) is 0. The molecule has 0 radical (unpaired) electrons. The zero-order chi connectivity index (χ0) is 14.1. The zero-order valence-electron chi connectivity index (χ0n) is 11.7. The quantitative estimate of drug-likeness (QED) is 0.677. The van der Waals surface area contributed by atoms with E-state index in [1.54, 1.807) is 0 Å². The fraction of sp³-hybridized carbons (Fsp3) is 0.750. The van der Waals surface area contributed by atoms with Crippen LogP contribution in [0.15, 0.2) is 0 Å². The number of nitrogens with zero attached hydrogens (tertiary/aromatic N) is 2. The number of amides is 1. The highest BCUT2D eigenvalue weighted by Crippen LogP contribution is 2.14. The predicted molar refractivity (Wildman–Crippen MR) is 76.7 cm³/mol. The van der Waals surface area contributed by atoms with Gasteiger partial charge in [-0.3, -0.25) is 4.79 Å². The highest BCUT2D eigenvalue weighted by Gasteiger charge is 2.11. The van der Waals surface area contributed by atoms with Crippen LogP contribution in [0.1, 0.15) is 37.0 Å². The molecule has 0 unspecified atom stereocenters. The minimum absolute atomic E-state index is 0.199. The number of nitrogens with one attached hydrogen (secondary N) is 2. The molecule has 0 saturated carbocycles. The maximum absolute atomic E-state index is 11.7. The Kier molecular flexibility index (Phi) is 7.35. The van der Waals surface area contributed by atoms with Crippen LogP contribution in [0.4, 0.5) is 5.13 Å². The molecule has 1 heterocycles. The lowest BCUT2D eigenvalue weighted by atomic mass is 10.2.